The summed E-state index contributed by atoms with van der Waals surface area (Å²) in [4.78, 5) is 24.6. The van der Waals surface area contributed by atoms with Crippen LogP contribution in [0.25, 0.3) is 0 Å². The van der Waals surface area contributed by atoms with Crippen LogP contribution in [0.1, 0.15) is 31.2 Å². The molecule has 6 heteroatoms. The van der Waals surface area contributed by atoms with E-state index in [4.69, 9.17) is 9.52 Å². The Bertz CT molecular complexity index is 458. The lowest BCUT2D eigenvalue weighted by Gasteiger charge is -2.29. The highest BCUT2D eigenvalue weighted by Crippen LogP contribution is 2.24. The van der Waals surface area contributed by atoms with Gasteiger partial charge in [-0.1, -0.05) is 6.42 Å². The number of amides is 2. The molecule has 1 aromatic rings. The molecular formula is C14H20N2O4. The summed E-state index contributed by atoms with van der Waals surface area (Å²) < 4.78 is 4.96. The van der Waals surface area contributed by atoms with Crippen molar-refractivity contribution in [3.05, 3.63) is 24.2 Å². The molecule has 1 fully saturated rings. The second-order valence-corrected chi connectivity index (χ2v) is 5.34. The Hall–Kier alpha value is -1.98. The summed E-state index contributed by atoms with van der Waals surface area (Å²) in [5.41, 5.74) is 0.926. The molecule has 1 aliphatic carbocycles. The zero-order valence-corrected chi connectivity index (χ0v) is 11.5. The number of aliphatic carboxylic acids is 1. The summed E-state index contributed by atoms with van der Waals surface area (Å²) in [6, 6.07) is 1.58. The van der Waals surface area contributed by atoms with Gasteiger partial charge in [-0.25, -0.2) is 4.79 Å². The first-order valence-electron chi connectivity index (χ1n) is 6.81. The van der Waals surface area contributed by atoms with Crippen molar-refractivity contribution in [2.24, 2.45) is 5.92 Å². The fourth-order valence-corrected chi connectivity index (χ4v) is 2.56. The molecule has 0 aromatic carbocycles. The molecule has 2 atom stereocenters. The van der Waals surface area contributed by atoms with E-state index in [9.17, 15) is 9.59 Å². The highest BCUT2D eigenvalue weighted by atomic mass is 16.4. The van der Waals surface area contributed by atoms with Crippen LogP contribution in [-0.4, -0.2) is 35.1 Å². The minimum absolute atomic E-state index is 0.0517. The molecule has 0 aliphatic heterocycles. The molecule has 110 valence electrons. The smallest absolute Gasteiger partial charge is 0.317 e. The standard InChI is InChI=1S/C14H20N2O4/c1-16(8-10-5-6-20-9-10)14(19)15-12-4-2-3-11(7-12)13(17)18/h5-6,9,11-12H,2-4,7-8H2,1H3,(H,15,19)(H,17,18). The number of carboxylic acids is 1. The van der Waals surface area contributed by atoms with Crippen molar-refractivity contribution in [2.45, 2.75) is 38.3 Å². The quantitative estimate of drug-likeness (QED) is 0.884. The number of carbonyl (C=O) groups excluding carboxylic acids is 1. The first-order valence-corrected chi connectivity index (χ1v) is 6.81. The van der Waals surface area contributed by atoms with Crippen LogP contribution in [0.4, 0.5) is 4.79 Å². The zero-order chi connectivity index (χ0) is 14.5. The Labute approximate surface area is 117 Å². The lowest BCUT2D eigenvalue weighted by atomic mass is 9.86. The predicted molar refractivity (Wildman–Crippen MR) is 72.1 cm³/mol. The van der Waals surface area contributed by atoms with Crippen LogP contribution in [0.15, 0.2) is 23.0 Å². The van der Waals surface area contributed by atoms with Crippen molar-refractivity contribution in [1.29, 1.82) is 0 Å². The maximum absolute atomic E-state index is 12.1. The molecule has 2 unspecified atom stereocenters. The lowest BCUT2D eigenvalue weighted by Crippen LogP contribution is -2.45. The number of furan rings is 1. The third-order valence-electron chi connectivity index (χ3n) is 3.70. The fourth-order valence-electron chi connectivity index (χ4n) is 2.56. The minimum atomic E-state index is -0.768. The largest absolute Gasteiger partial charge is 0.481 e. The molecule has 0 radical (unpaired) electrons. The molecule has 1 aromatic heterocycles. The van der Waals surface area contributed by atoms with Gasteiger partial charge in [-0.3, -0.25) is 4.79 Å². The van der Waals surface area contributed by atoms with E-state index in [0.717, 1.165) is 18.4 Å². The monoisotopic (exact) mass is 280 g/mol. The molecule has 6 nitrogen and oxygen atoms in total. The number of hydrogen-bond acceptors (Lipinski definition) is 3. The molecule has 2 N–H and O–H groups in total. The van der Waals surface area contributed by atoms with Gasteiger partial charge in [-0.05, 0) is 25.3 Å². The zero-order valence-electron chi connectivity index (χ0n) is 11.5. The van der Waals surface area contributed by atoms with Crippen LogP contribution in [0.3, 0.4) is 0 Å². The van der Waals surface area contributed by atoms with E-state index in [0.29, 0.717) is 19.4 Å². The van der Waals surface area contributed by atoms with Gasteiger partial charge in [0.25, 0.3) is 0 Å². The summed E-state index contributed by atoms with van der Waals surface area (Å²) in [5.74, 6) is -1.11. The Morgan fingerprint density at radius 2 is 2.30 bits per heavy atom. The number of carbonyl (C=O) groups is 2. The minimum Gasteiger partial charge on any atom is -0.481 e. The molecule has 20 heavy (non-hydrogen) atoms. The van der Waals surface area contributed by atoms with Gasteiger partial charge in [0.2, 0.25) is 0 Å². The van der Waals surface area contributed by atoms with Gasteiger partial charge in [0.05, 0.1) is 25.0 Å². The fraction of sp³-hybridized carbons (Fsp3) is 0.571. The molecule has 2 rings (SSSR count). The first-order chi connectivity index (χ1) is 9.56. The molecule has 0 bridgehead atoms. The van der Waals surface area contributed by atoms with E-state index < -0.39 is 5.97 Å². The summed E-state index contributed by atoms with van der Waals surface area (Å²) >= 11 is 0. The first kappa shape index (κ1) is 14.4. The van der Waals surface area contributed by atoms with Crippen molar-refractivity contribution >= 4 is 12.0 Å². The van der Waals surface area contributed by atoms with Gasteiger partial charge in [0.15, 0.2) is 0 Å². The average molecular weight is 280 g/mol. The number of nitrogens with one attached hydrogen (secondary N) is 1. The average Bonchev–Trinajstić information content (AvgIpc) is 2.91. The van der Waals surface area contributed by atoms with Crippen LogP contribution >= 0.6 is 0 Å². The number of rotatable bonds is 4. The van der Waals surface area contributed by atoms with Gasteiger partial charge >= 0.3 is 12.0 Å². The van der Waals surface area contributed by atoms with Crippen molar-refractivity contribution in [3.8, 4) is 0 Å². The Morgan fingerprint density at radius 1 is 1.50 bits per heavy atom. The van der Waals surface area contributed by atoms with E-state index in [1.165, 1.54) is 0 Å². The van der Waals surface area contributed by atoms with Gasteiger partial charge in [-0.2, -0.15) is 0 Å². The summed E-state index contributed by atoms with van der Waals surface area (Å²) in [7, 11) is 1.71. The third kappa shape index (κ3) is 3.76. The second kappa shape index (κ2) is 6.45. The maximum atomic E-state index is 12.1. The van der Waals surface area contributed by atoms with Gasteiger partial charge in [-0.15, -0.1) is 0 Å². The van der Waals surface area contributed by atoms with Crippen molar-refractivity contribution in [1.82, 2.24) is 10.2 Å². The summed E-state index contributed by atoms with van der Waals surface area (Å²) in [5, 5.41) is 11.9. The molecular weight excluding hydrogens is 260 g/mol. The van der Waals surface area contributed by atoms with Crippen molar-refractivity contribution in [3.63, 3.8) is 0 Å². The molecule has 1 aliphatic rings. The van der Waals surface area contributed by atoms with Crippen LogP contribution in [-0.2, 0) is 11.3 Å². The van der Waals surface area contributed by atoms with E-state index in [-0.39, 0.29) is 18.0 Å². The van der Waals surface area contributed by atoms with E-state index in [2.05, 4.69) is 5.32 Å². The van der Waals surface area contributed by atoms with Gasteiger partial charge < -0.3 is 19.7 Å². The van der Waals surface area contributed by atoms with Crippen molar-refractivity contribution in [2.75, 3.05) is 7.05 Å². The number of nitrogens with zero attached hydrogens (tertiary/aromatic N) is 1. The third-order valence-corrected chi connectivity index (χ3v) is 3.70. The van der Waals surface area contributed by atoms with Crippen molar-refractivity contribution < 1.29 is 19.1 Å². The van der Waals surface area contributed by atoms with Crippen LogP contribution in [0.5, 0.6) is 0 Å². The van der Waals surface area contributed by atoms with Crippen LogP contribution in [0.2, 0.25) is 0 Å². The summed E-state index contributed by atoms with van der Waals surface area (Å²) in [6.45, 7) is 0.470. The van der Waals surface area contributed by atoms with E-state index >= 15 is 0 Å². The molecule has 2 amide bonds. The van der Waals surface area contributed by atoms with Gasteiger partial charge in [0, 0.05) is 18.7 Å². The second-order valence-electron chi connectivity index (χ2n) is 5.34. The molecule has 1 heterocycles. The molecule has 0 spiro atoms. The lowest BCUT2D eigenvalue weighted by molar-refractivity contribution is -0.143. The number of urea groups is 1. The Balaban J connectivity index is 1.82. The Kier molecular flexibility index (Phi) is 4.65. The Morgan fingerprint density at radius 3 is 2.95 bits per heavy atom. The maximum Gasteiger partial charge on any atom is 0.317 e. The SMILES string of the molecule is CN(Cc1ccoc1)C(=O)NC1CCCC(C(=O)O)C1. The van der Waals surface area contributed by atoms with E-state index in [1.807, 2.05) is 6.07 Å². The topological polar surface area (TPSA) is 82.8 Å². The van der Waals surface area contributed by atoms with Crippen LogP contribution < -0.4 is 5.32 Å². The number of hydrogen-bond donors (Lipinski definition) is 2. The normalized spacial score (nSPS) is 22.2. The summed E-state index contributed by atoms with van der Waals surface area (Å²) in [6.07, 6.45) is 6.07. The van der Waals surface area contributed by atoms with E-state index in [1.54, 1.807) is 24.5 Å². The molecule has 0 saturated heterocycles. The predicted octanol–water partition coefficient (Wildman–Crippen LogP) is 2.06. The molecule has 1 saturated carbocycles. The van der Waals surface area contributed by atoms with Crippen LogP contribution in [0, 0.1) is 5.92 Å². The highest BCUT2D eigenvalue weighted by molar-refractivity contribution is 5.74. The van der Waals surface area contributed by atoms with Gasteiger partial charge in [0.1, 0.15) is 0 Å². The number of carboxylic acid groups (broad SMARTS) is 1. The highest BCUT2D eigenvalue weighted by Gasteiger charge is 2.28.